The lowest BCUT2D eigenvalue weighted by Crippen LogP contribution is -2.37. The number of hydrogen-bond donors (Lipinski definition) is 2. The predicted octanol–water partition coefficient (Wildman–Crippen LogP) is 4.61. The predicted molar refractivity (Wildman–Crippen MR) is 123 cm³/mol. The van der Waals surface area contributed by atoms with Gasteiger partial charge in [0.25, 0.3) is 11.8 Å². The molecule has 6 nitrogen and oxygen atoms in total. The number of anilines is 2. The van der Waals surface area contributed by atoms with Gasteiger partial charge in [-0.25, -0.2) is 0 Å². The van der Waals surface area contributed by atoms with E-state index >= 15 is 0 Å². The number of carbonyl (C=O) groups is 2. The van der Waals surface area contributed by atoms with Crippen LogP contribution in [0.3, 0.4) is 0 Å². The fraction of sp³-hybridized carbons (Fsp3) is 0.440. The van der Waals surface area contributed by atoms with Crippen LogP contribution in [0.1, 0.15) is 65.7 Å². The van der Waals surface area contributed by atoms with Gasteiger partial charge in [0.1, 0.15) is 5.75 Å². The molecule has 0 aromatic heterocycles. The number of rotatable bonds is 6. The minimum Gasteiger partial charge on any atom is -0.496 e. The van der Waals surface area contributed by atoms with Gasteiger partial charge in [-0.05, 0) is 56.0 Å². The Balaban J connectivity index is 1.58. The minimum absolute atomic E-state index is 0.0535. The number of methoxy groups -OCH3 is 1. The Morgan fingerprint density at radius 3 is 2.39 bits per heavy atom. The van der Waals surface area contributed by atoms with Crippen LogP contribution in [0.2, 0.25) is 0 Å². The first-order chi connectivity index (χ1) is 15.2. The van der Waals surface area contributed by atoms with E-state index in [0.29, 0.717) is 22.6 Å². The molecule has 0 radical (unpaired) electrons. The van der Waals surface area contributed by atoms with Crippen LogP contribution in [0.15, 0.2) is 42.5 Å². The fourth-order valence-corrected chi connectivity index (χ4v) is 4.57. The quantitative estimate of drug-likeness (QED) is 0.715. The monoisotopic (exact) mass is 421 g/mol. The Kier molecular flexibility index (Phi) is 6.75. The highest BCUT2D eigenvalue weighted by molar-refractivity contribution is 6.07. The first-order valence-corrected chi connectivity index (χ1v) is 11.3. The Bertz CT molecular complexity index is 931. The molecule has 0 spiro atoms. The summed E-state index contributed by atoms with van der Waals surface area (Å²) in [6, 6.07) is 13.0. The van der Waals surface area contributed by atoms with Crippen molar-refractivity contribution >= 4 is 23.2 Å². The third kappa shape index (κ3) is 5.01. The zero-order chi connectivity index (χ0) is 21.6. The molecular formula is C25H31N3O3. The summed E-state index contributed by atoms with van der Waals surface area (Å²) in [5.41, 5.74) is 2.64. The van der Waals surface area contributed by atoms with E-state index in [1.807, 2.05) is 18.2 Å². The Hall–Kier alpha value is -3.02. The molecule has 2 fully saturated rings. The maximum Gasteiger partial charge on any atom is 0.259 e. The van der Waals surface area contributed by atoms with Crippen LogP contribution < -0.4 is 20.3 Å². The fourth-order valence-electron chi connectivity index (χ4n) is 4.57. The zero-order valence-corrected chi connectivity index (χ0v) is 18.2. The lowest BCUT2D eigenvalue weighted by atomic mass is 9.95. The number of hydrogen-bond acceptors (Lipinski definition) is 4. The van der Waals surface area contributed by atoms with Crippen molar-refractivity contribution in [2.45, 2.75) is 51.0 Å². The highest BCUT2D eigenvalue weighted by atomic mass is 16.5. The van der Waals surface area contributed by atoms with E-state index in [0.717, 1.165) is 44.5 Å². The largest absolute Gasteiger partial charge is 0.496 e. The molecule has 0 atom stereocenters. The molecule has 1 aliphatic heterocycles. The number of nitrogens with one attached hydrogen (secondary N) is 2. The van der Waals surface area contributed by atoms with Crippen LogP contribution in [0.4, 0.5) is 11.4 Å². The Morgan fingerprint density at radius 2 is 1.65 bits per heavy atom. The highest BCUT2D eigenvalue weighted by Crippen LogP contribution is 2.29. The molecule has 1 saturated carbocycles. The molecule has 1 heterocycles. The molecule has 2 aliphatic rings. The van der Waals surface area contributed by atoms with Gasteiger partial charge in [0.15, 0.2) is 0 Å². The van der Waals surface area contributed by atoms with Crippen LogP contribution >= 0.6 is 0 Å². The standard InChI is InChI=1S/C25H31N3O3/c1-31-23-12-6-5-11-20(23)24(29)27-19-13-14-22(28-15-7-8-16-28)21(17-19)25(30)26-18-9-3-2-4-10-18/h5-6,11-14,17-18H,2-4,7-10,15-16H2,1H3,(H,26,30)(H,27,29). The van der Waals surface area contributed by atoms with E-state index in [2.05, 4.69) is 15.5 Å². The molecule has 2 N–H and O–H groups in total. The van der Waals surface area contributed by atoms with Crippen molar-refractivity contribution in [2.75, 3.05) is 30.4 Å². The van der Waals surface area contributed by atoms with Gasteiger partial charge in [-0.15, -0.1) is 0 Å². The third-order valence-corrected chi connectivity index (χ3v) is 6.24. The summed E-state index contributed by atoms with van der Waals surface area (Å²) in [5.74, 6) is 0.205. The summed E-state index contributed by atoms with van der Waals surface area (Å²) < 4.78 is 5.31. The molecule has 2 aromatic carbocycles. The van der Waals surface area contributed by atoms with E-state index in [-0.39, 0.29) is 17.9 Å². The number of amides is 2. The third-order valence-electron chi connectivity index (χ3n) is 6.24. The summed E-state index contributed by atoms with van der Waals surface area (Å²) in [6.45, 7) is 1.91. The first kappa shape index (κ1) is 21.2. The summed E-state index contributed by atoms with van der Waals surface area (Å²) in [7, 11) is 1.55. The molecule has 4 rings (SSSR count). The van der Waals surface area contributed by atoms with Crippen molar-refractivity contribution < 1.29 is 14.3 Å². The molecular weight excluding hydrogens is 390 g/mol. The minimum atomic E-state index is -0.259. The summed E-state index contributed by atoms with van der Waals surface area (Å²) in [5, 5.41) is 6.16. The van der Waals surface area contributed by atoms with Gasteiger partial charge in [0, 0.05) is 30.5 Å². The number of benzene rings is 2. The van der Waals surface area contributed by atoms with Crippen molar-refractivity contribution in [3.63, 3.8) is 0 Å². The normalized spacial score (nSPS) is 16.7. The van der Waals surface area contributed by atoms with Gasteiger partial charge >= 0.3 is 0 Å². The van der Waals surface area contributed by atoms with Crippen molar-refractivity contribution in [3.8, 4) is 5.75 Å². The van der Waals surface area contributed by atoms with E-state index < -0.39 is 0 Å². The van der Waals surface area contributed by atoms with Gasteiger partial charge in [0.05, 0.1) is 18.2 Å². The van der Waals surface area contributed by atoms with Gasteiger partial charge in [-0.3, -0.25) is 9.59 Å². The maximum absolute atomic E-state index is 13.2. The van der Waals surface area contributed by atoms with E-state index in [1.54, 1.807) is 31.4 Å². The van der Waals surface area contributed by atoms with Crippen molar-refractivity contribution in [2.24, 2.45) is 0 Å². The molecule has 2 aromatic rings. The lowest BCUT2D eigenvalue weighted by molar-refractivity contribution is 0.0927. The van der Waals surface area contributed by atoms with Crippen molar-refractivity contribution in [1.82, 2.24) is 5.32 Å². The van der Waals surface area contributed by atoms with Crippen LogP contribution in [0.25, 0.3) is 0 Å². The van der Waals surface area contributed by atoms with Crippen molar-refractivity contribution in [1.29, 1.82) is 0 Å². The second kappa shape index (κ2) is 9.86. The topological polar surface area (TPSA) is 70.7 Å². The Morgan fingerprint density at radius 1 is 0.903 bits per heavy atom. The summed E-state index contributed by atoms with van der Waals surface area (Å²) in [6.07, 6.45) is 7.92. The van der Waals surface area contributed by atoms with Crippen LogP contribution in [0, 0.1) is 0 Å². The first-order valence-electron chi connectivity index (χ1n) is 11.3. The second-order valence-electron chi connectivity index (χ2n) is 8.39. The smallest absolute Gasteiger partial charge is 0.259 e. The SMILES string of the molecule is COc1ccccc1C(=O)Nc1ccc(N2CCCC2)c(C(=O)NC2CCCCC2)c1. The van der Waals surface area contributed by atoms with E-state index in [4.69, 9.17) is 4.74 Å². The van der Waals surface area contributed by atoms with E-state index in [9.17, 15) is 9.59 Å². The molecule has 164 valence electrons. The van der Waals surface area contributed by atoms with Crippen molar-refractivity contribution in [3.05, 3.63) is 53.6 Å². The average Bonchev–Trinajstić information content (AvgIpc) is 3.34. The Labute approximate surface area is 184 Å². The molecule has 0 bridgehead atoms. The van der Waals surface area contributed by atoms with Gasteiger partial charge in [-0.2, -0.15) is 0 Å². The maximum atomic E-state index is 13.2. The number of nitrogens with zero attached hydrogens (tertiary/aromatic N) is 1. The van der Waals surface area contributed by atoms with Crippen LogP contribution in [-0.4, -0.2) is 38.1 Å². The molecule has 2 amide bonds. The zero-order valence-electron chi connectivity index (χ0n) is 18.2. The van der Waals surface area contributed by atoms with Gasteiger partial charge in [-0.1, -0.05) is 31.4 Å². The molecule has 1 aliphatic carbocycles. The number of ether oxygens (including phenoxy) is 1. The average molecular weight is 422 g/mol. The van der Waals surface area contributed by atoms with Crippen LogP contribution in [-0.2, 0) is 0 Å². The molecule has 0 unspecified atom stereocenters. The summed E-state index contributed by atoms with van der Waals surface area (Å²) >= 11 is 0. The van der Waals surface area contributed by atoms with E-state index in [1.165, 1.54) is 19.3 Å². The molecule has 6 heteroatoms. The van der Waals surface area contributed by atoms with Crippen LogP contribution in [0.5, 0.6) is 5.75 Å². The van der Waals surface area contributed by atoms with Gasteiger partial charge in [0.2, 0.25) is 0 Å². The lowest BCUT2D eigenvalue weighted by Gasteiger charge is -2.26. The van der Waals surface area contributed by atoms with Gasteiger partial charge < -0.3 is 20.3 Å². The molecule has 1 saturated heterocycles. The number of carbonyl (C=O) groups excluding carboxylic acids is 2. The second-order valence-corrected chi connectivity index (χ2v) is 8.39. The number of para-hydroxylation sites is 1. The molecule has 31 heavy (non-hydrogen) atoms. The summed E-state index contributed by atoms with van der Waals surface area (Å²) in [4.78, 5) is 28.3. The highest BCUT2D eigenvalue weighted by Gasteiger charge is 2.23.